The van der Waals surface area contributed by atoms with Crippen LogP contribution in [0.3, 0.4) is 0 Å². The minimum atomic E-state index is -0.119. The second kappa shape index (κ2) is 14.0. The molecule has 0 atom stereocenters. The van der Waals surface area contributed by atoms with Crippen LogP contribution in [0.4, 0.5) is 34.1 Å². The first-order valence-corrected chi connectivity index (χ1v) is 26.3. The Morgan fingerprint density at radius 2 is 0.853 bits per heavy atom. The summed E-state index contributed by atoms with van der Waals surface area (Å²) < 4.78 is 7.69. The summed E-state index contributed by atoms with van der Waals surface area (Å²) in [6, 6.07) is 32.6. The molecule has 0 fully saturated rings. The van der Waals surface area contributed by atoms with E-state index in [0.29, 0.717) is 0 Å². The van der Waals surface area contributed by atoms with Gasteiger partial charge in [0.1, 0.15) is 5.58 Å². The molecule has 0 saturated heterocycles. The van der Waals surface area contributed by atoms with Crippen LogP contribution in [0.1, 0.15) is 208 Å². The average Bonchev–Trinajstić information content (AvgIpc) is 3.62. The Bertz CT molecular complexity index is 3120. The second-order valence-corrected chi connectivity index (χ2v) is 28.3. The monoisotopic (exact) mass is 903 g/mol. The van der Waals surface area contributed by atoms with E-state index in [2.05, 4.69) is 213 Å². The highest BCUT2D eigenvalue weighted by Crippen LogP contribution is 2.55. The summed E-state index contributed by atoms with van der Waals surface area (Å²) in [5, 5.41) is 1.23. The highest BCUT2D eigenvalue weighted by atomic mass is 16.3. The van der Waals surface area contributed by atoms with Crippen molar-refractivity contribution >= 4 is 68.4 Å². The summed E-state index contributed by atoms with van der Waals surface area (Å²) in [7, 11) is 0. The van der Waals surface area contributed by atoms with Crippen LogP contribution in [-0.2, 0) is 43.3 Å². The molecule has 11 rings (SSSR count). The molecule has 1 aromatic heterocycles. The van der Waals surface area contributed by atoms with Crippen molar-refractivity contribution in [1.82, 2.24) is 0 Å². The van der Waals surface area contributed by atoms with Gasteiger partial charge in [-0.15, -0.1) is 0 Å². The van der Waals surface area contributed by atoms with Gasteiger partial charge >= 0.3 is 0 Å². The molecule has 0 bridgehead atoms. The second-order valence-electron chi connectivity index (χ2n) is 28.3. The van der Waals surface area contributed by atoms with Crippen LogP contribution in [0.2, 0.25) is 0 Å². The number of benzene rings is 5. The van der Waals surface area contributed by atoms with Gasteiger partial charge in [0.25, 0.3) is 6.71 Å². The standard InChI is InChI=1S/C64H79BN2O/c1-57(2,3)38-19-24-50-49(31-38)65-54-51(66(50)40-20-22-43-45(34-40)61(11,12)27-25-59(43,7)8)32-39(58(4,5)6)33-52(54)67(41-21-23-44-46(35-41)62(13,14)28-26-60(44,9)10)55-42-36-47-48(37-53(42)68-56(55)65)64(17,18)30-29-63(47,15)16/h19-24,31-37H,25-30H2,1-18H3. The summed E-state index contributed by atoms with van der Waals surface area (Å²) >= 11 is 0. The molecular weight excluding hydrogens is 824 g/mol. The number of hydrogen-bond acceptors (Lipinski definition) is 3. The van der Waals surface area contributed by atoms with E-state index in [0.717, 1.165) is 24.1 Å². The molecule has 68 heavy (non-hydrogen) atoms. The molecule has 2 aliphatic heterocycles. The van der Waals surface area contributed by atoms with Gasteiger partial charge in [-0.3, -0.25) is 0 Å². The van der Waals surface area contributed by atoms with Crippen LogP contribution >= 0.6 is 0 Å². The summed E-state index contributed by atoms with van der Waals surface area (Å²) in [6.07, 6.45) is 7.06. The van der Waals surface area contributed by atoms with E-state index in [9.17, 15) is 0 Å². The zero-order valence-electron chi connectivity index (χ0n) is 45.1. The van der Waals surface area contributed by atoms with Gasteiger partial charge < -0.3 is 14.2 Å². The maximum atomic E-state index is 7.69. The van der Waals surface area contributed by atoms with Crippen molar-refractivity contribution in [3.63, 3.8) is 0 Å². The van der Waals surface area contributed by atoms with Gasteiger partial charge in [0.05, 0.1) is 11.3 Å². The average molecular weight is 903 g/mol. The van der Waals surface area contributed by atoms with E-state index >= 15 is 0 Å². The summed E-state index contributed by atoms with van der Waals surface area (Å²) in [5.41, 5.74) is 24.0. The van der Waals surface area contributed by atoms with Gasteiger partial charge in [0.2, 0.25) is 0 Å². The largest absolute Gasteiger partial charge is 0.468 e. The van der Waals surface area contributed by atoms with Gasteiger partial charge in [0.15, 0.2) is 0 Å². The van der Waals surface area contributed by atoms with Gasteiger partial charge in [-0.25, -0.2) is 0 Å². The van der Waals surface area contributed by atoms with Crippen LogP contribution in [0.15, 0.2) is 83.3 Å². The van der Waals surface area contributed by atoms with Crippen molar-refractivity contribution < 1.29 is 4.42 Å². The molecule has 4 heteroatoms. The number of nitrogens with zero attached hydrogens (tertiary/aromatic N) is 2. The Morgan fingerprint density at radius 3 is 1.34 bits per heavy atom. The van der Waals surface area contributed by atoms with Crippen LogP contribution in [-0.4, -0.2) is 6.71 Å². The fourth-order valence-corrected chi connectivity index (χ4v) is 13.4. The molecular formula is C64H79BN2O. The zero-order valence-corrected chi connectivity index (χ0v) is 45.1. The fourth-order valence-electron chi connectivity index (χ4n) is 13.4. The van der Waals surface area contributed by atoms with Crippen molar-refractivity contribution in [1.29, 1.82) is 0 Å². The highest BCUT2D eigenvalue weighted by Gasteiger charge is 2.50. The summed E-state index contributed by atoms with van der Waals surface area (Å²) in [5.74, 6) is 0. The first-order valence-electron chi connectivity index (χ1n) is 26.3. The van der Waals surface area contributed by atoms with Crippen LogP contribution < -0.4 is 26.4 Å². The van der Waals surface area contributed by atoms with E-state index in [-0.39, 0.29) is 50.0 Å². The molecule has 6 aromatic rings. The SMILES string of the molecule is CC(C)(C)c1ccc2c(c1)B1c3oc4cc5c(cc4c3N(c3ccc4c(c3)C(C)(C)CCC4(C)C)c3cc(C(C)(C)C)cc(c31)N2c1ccc2c(c1)C(C)(C)CCC2(C)C)C(C)(C)CCC5(C)C. The fraction of sp³-hybridized carbons (Fsp3) is 0.500. The van der Waals surface area contributed by atoms with Gasteiger partial charge in [0, 0.05) is 33.8 Å². The van der Waals surface area contributed by atoms with Gasteiger partial charge in [-0.05, 0) is 192 Å². The molecule has 0 amide bonds. The lowest BCUT2D eigenvalue weighted by atomic mass is 9.35. The Balaban J connectivity index is 1.29. The Kier molecular flexibility index (Phi) is 9.42. The van der Waals surface area contributed by atoms with E-state index in [4.69, 9.17) is 4.42 Å². The molecule has 0 N–H and O–H groups in total. The first kappa shape index (κ1) is 45.7. The maximum Gasteiger partial charge on any atom is 0.297 e. The third-order valence-electron chi connectivity index (χ3n) is 18.6. The summed E-state index contributed by atoms with van der Waals surface area (Å²) in [6.45, 7) is 43.6. The Morgan fingerprint density at radius 1 is 0.426 bits per heavy atom. The predicted octanol–water partition coefficient (Wildman–Crippen LogP) is 16.2. The quantitative estimate of drug-likeness (QED) is 0.161. The molecule has 5 aliphatic rings. The van der Waals surface area contributed by atoms with E-state index < -0.39 is 0 Å². The van der Waals surface area contributed by atoms with Crippen LogP contribution in [0.25, 0.3) is 11.0 Å². The number of hydrogen-bond donors (Lipinski definition) is 0. The van der Waals surface area contributed by atoms with Crippen LogP contribution in [0.5, 0.6) is 0 Å². The van der Waals surface area contributed by atoms with E-state index in [1.807, 2.05) is 0 Å². The lowest BCUT2D eigenvalue weighted by Gasteiger charge is -2.46. The van der Waals surface area contributed by atoms with E-state index in [1.165, 1.54) is 121 Å². The molecule has 3 aliphatic carbocycles. The topological polar surface area (TPSA) is 19.6 Å². The number of fused-ring (bicyclic) bond motifs is 9. The molecule has 3 heterocycles. The third-order valence-corrected chi connectivity index (χ3v) is 18.6. The van der Waals surface area contributed by atoms with Crippen LogP contribution in [0, 0.1) is 0 Å². The van der Waals surface area contributed by atoms with Gasteiger partial charge in [-0.1, -0.05) is 149 Å². The van der Waals surface area contributed by atoms with Crippen molar-refractivity contribution in [3.05, 3.63) is 123 Å². The number of anilines is 6. The molecule has 354 valence electrons. The molecule has 0 saturated carbocycles. The molecule has 0 unspecified atom stereocenters. The predicted molar refractivity (Wildman–Crippen MR) is 293 cm³/mol. The zero-order chi connectivity index (χ0) is 48.8. The molecule has 3 nitrogen and oxygen atoms in total. The van der Waals surface area contributed by atoms with Crippen molar-refractivity contribution in [3.8, 4) is 0 Å². The Hall–Kier alpha value is -4.70. The normalized spacial score (nSPS) is 21.1. The summed E-state index contributed by atoms with van der Waals surface area (Å²) in [4.78, 5) is 5.32. The molecule has 0 radical (unpaired) electrons. The third kappa shape index (κ3) is 6.64. The van der Waals surface area contributed by atoms with Crippen molar-refractivity contribution in [2.24, 2.45) is 0 Å². The van der Waals surface area contributed by atoms with E-state index in [1.54, 1.807) is 0 Å². The minimum absolute atomic E-state index is 0.0438. The molecule has 5 aromatic carbocycles. The number of furan rings is 1. The smallest absolute Gasteiger partial charge is 0.297 e. The lowest BCUT2D eigenvalue weighted by Crippen LogP contribution is -2.61. The van der Waals surface area contributed by atoms with Crippen molar-refractivity contribution in [2.45, 2.75) is 206 Å². The first-order chi connectivity index (χ1) is 31.4. The highest BCUT2D eigenvalue weighted by molar-refractivity contribution is 7.00. The number of rotatable bonds is 2. The van der Waals surface area contributed by atoms with Gasteiger partial charge in [-0.2, -0.15) is 0 Å². The lowest BCUT2D eigenvalue weighted by molar-refractivity contribution is 0.332. The molecule has 0 spiro atoms. The minimum Gasteiger partial charge on any atom is -0.468 e. The Labute approximate surface area is 410 Å². The maximum absolute atomic E-state index is 7.69. The van der Waals surface area contributed by atoms with Crippen molar-refractivity contribution in [2.75, 3.05) is 9.80 Å².